The Kier molecular flexibility index (Phi) is 5.06. The molecule has 1 fully saturated rings. The molecule has 1 heterocycles. The number of aromatic nitrogens is 2. The van der Waals surface area contributed by atoms with E-state index in [1.54, 1.807) is 0 Å². The highest BCUT2D eigenvalue weighted by Crippen LogP contribution is 2.31. The van der Waals surface area contributed by atoms with E-state index in [0.29, 0.717) is 24.6 Å². The molecular weight excluding hydrogens is 368 g/mol. The second-order valence-corrected chi connectivity index (χ2v) is 7.46. The number of benzene rings is 1. The fourth-order valence-corrected chi connectivity index (χ4v) is 3.42. The van der Waals surface area contributed by atoms with Crippen molar-refractivity contribution in [2.45, 2.75) is 39.3 Å². The highest BCUT2D eigenvalue weighted by molar-refractivity contribution is 9.10. The zero-order valence-electron chi connectivity index (χ0n) is 14.1. The molecule has 3 rings (SSSR count). The van der Waals surface area contributed by atoms with Crippen LogP contribution in [0.4, 0.5) is 0 Å². The molecule has 0 spiro atoms. The van der Waals surface area contributed by atoms with Gasteiger partial charge in [-0.15, -0.1) is 0 Å². The van der Waals surface area contributed by atoms with Crippen LogP contribution in [0, 0.1) is 19.8 Å². The lowest BCUT2D eigenvalue weighted by atomic mass is 10.1. The number of rotatable bonds is 6. The topological polar surface area (TPSA) is 72.9 Å². The molecule has 3 N–H and O–H groups in total. The molecule has 0 radical (unpaired) electrons. The summed E-state index contributed by atoms with van der Waals surface area (Å²) in [5, 5.41) is 7.50. The van der Waals surface area contributed by atoms with Gasteiger partial charge >= 0.3 is 0 Å². The molecule has 128 valence electrons. The Balaban J connectivity index is 1.72. The summed E-state index contributed by atoms with van der Waals surface area (Å²) in [6, 6.07) is 8.16. The number of hydrogen-bond donors (Lipinski definition) is 2. The number of carbonyl (C=O) groups excluding carboxylic acids is 1. The van der Waals surface area contributed by atoms with E-state index in [2.05, 4.69) is 38.5 Å². The fraction of sp³-hybridized carbons (Fsp3) is 0.444. The zero-order valence-corrected chi connectivity index (χ0v) is 15.6. The molecule has 1 aliphatic rings. The van der Waals surface area contributed by atoms with Gasteiger partial charge in [-0.05, 0) is 50.3 Å². The predicted molar refractivity (Wildman–Crippen MR) is 98.0 cm³/mol. The highest BCUT2D eigenvalue weighted by Gasteiger charge is 2.29. The van der Waals surface area contributed by atoms with Gasteiger partial charge in [0, 0.05) is 22.8 Å². The Hall–Kier alpha value is -1.66. The Morgan fingerprint density at radius 3 is 2.88 bits per heavy atom. The van der Waals surface area contributed by atoms with Crippen molar-refractivity contribution in [3.8, 4) is 0 Å². The Morgan fingerprint density at radius 2 is 2.21 bits per heavy atom. The summed E-state index contributed by atoms with van der Waals surface area (Å²) in [4.78, 5) is 12.5. The van der Waals surface area contributed by atoms with Crippen molar-refractivity contribution in [2.24, 2.45) is 11.7 Å². The first-order chi connectivity index (χ1) is 11.5. The predicted octanol–water partition coefficient (Wildman–Crippen LogP) is 2.78. The summed E-state index contributed by atoms with van der Waals surface area (Å²) in [5.74, 6) is 0.494. The van der Waals surface area contributed by atoms with E-state index in [9.17, 15) is 4.79 Å². The summed E-state index contributed by atoms with van der Waals surface area (Å²) < 4.78 is 2.92. The van der Waals surface area contributed by atoms with Gasteiger partial charge in [0.1, 0.15) is 0 Å². The average molecular weight is 391 g/mol. The highest BCUT2D eigenvalue weighted by atomic mass is 79.9. The van der Waals surface area contributed by atoms with E-state index in [4.69, 9.17) is 5.73 Å². The van der Waals surface area contributed by atoms with Gasteiger partial charge in [-0.25, -0.2) is 0 Å². The van der Waals surface area contributed by atoms with Gasteiger partial charge in [-0.2, -0.15) is 5.10 Å². The molecular formula is C18H23BrN4O. The number of halogens is 1. The molecule has 1 saturated carbocycles. The fourth-order valence-electron chi connectivity index (χ4n) is 2.98. The summed E-state index contributed by atoms with van der Waals surface area (Å²) in [6.45, 7) is 4.98. The summed E-state index contributed by atoms with van der Waals surface area (Å²) in [7, 11) is 0. The number of hydrogen-bond acceptors (Lipinski definition) is 3. The molecule has 1 aromatic carbocycles. The van der Waals surface area contributed by atoms with Crippen LogP contribution in [0.25, 0.3) is 0 Å². The molecule has 1 aliphatic carbocycles. The zero-order chi connectivity index (χ0) is 17.3. The molecule has 24 heavy (non-hydrogen) atoms. The van der Waals surface area contributed by atoms with Crippen LogP contribution in [-0.2, 0) is 6.54 Å². The van der Waals surface area contributed by atoms with Gasteiger partial charge in [0.25, 0.3) is 5.91 Å². The molecule has 5 nitrogen and oxygen atoms in total. The second kappa shape index (κ2) is 7.07. The maximum absolute atomic E-state index is 12.5. The molecule has 1 aromatic heterocycles. The Morgan fingerprint density at radius 1 is 1.46 bits per heavy atom. The average Bonchev–Trinajstić information content (AvgIpc) is 3.33. The normalized spacial score (nSPS) is 15.3. The lowest BCUT2D eigenvalue weighted by molar-refractivity contribution is 0.0949. The van der Waals surface area contributed by atoms with Crippen molar-refractivity contribution >= 4 is 21.8 Å². The number of aryl methyl sites for hydroxylation is 1. The Labute approximate surface area is 150 Å². The third-order valence-electron chi connectivity index (χ3n) is 4.56. The first kappa shape index (κ1) is 17.2. The van der Waals surface area contributed by atoms with Gasteiger partial charge in [0.05, 0.1) is 17.8 Å². The molecule has 1 unspecified atom stereocenters. The van der Waals surface area contributed by atoms with E-state index in [1.807, 2.05) is 30.7 Å². The van der Waals surface area contributed by atoms with Crippen LogP contribution in [0.1, 0.15) is 40.2 Å². The van der Waals surface area contributed by atoms with Crippen LogP contribution in [0.5, 0.6) is 0 Å². The van der Waals surface area contributed by atoms with Crippen molar-refractivity contribution in [2.75, 3.05) is 6.54 Å². The van der Waals surface area contributed by atoms with Gasteiger partial charge in [-0.3, -0.25) is 9.48 Å². The third kappa shape index (κ3) is 3.87. The van der Waals surface area contributed by atoms with Crippen molar-refractivity contribution in [3.05, 3.63) is 51.3 Å². The molecule has 0 bridgehead atoms. The number of amides is 1. The largest absolute Gasteiger partial charge is 0.350 e. The molecule has 0 aliphatic heterocycles. The summed E-state index contributed by atoms with van der Waals surface area (Å²) >= 11 is 3.48. The van der Waals surface area contributed by atoms with Crippen LogP contribution >= 0.6 is 15.9 Å². The van der Waals surface area contributed by atoms with Crippen LogP contribution in [0.3, 0.4) is 0 Å². The van der Waals surface area contributed by atoms with Crippen LogP contribution < -0.4 is 11.1 Å². The monoisotopic (exact) mass is 390 g/mol. The van der Waals surface area contributed by atoms with Crippen molar-refractivity contribution < 1.29 is 4.79 Å². The second-order valence-electron chi connectivity index (χ2n) is 6.54. The Bertz CT molecular complexity index is 751. The minimum Gasteiger partial charge on any atom is -0.350 e. The van der Waals surface area contributed by atoms with Crippen LogP contribution in [-0.4, -0.2) is 28.3 Å². The van der Waals surface area contributed by atoms with E-state index in [1.165, 1.54) is 12.8 Å². The smallest absolute Gasteiger partial charge is 0.255 e. The quantitative estimate of drug-likeness (QED) is 0.796. The third-order valence-corrected chi connectivity index (χ3v) is 5.05. The molecule has 1 amide bonds. The van der Waals surface area contributed by atoms with Gasteiger partial charge in [0.15, 0.2) is 0 Å². The summed E-state index contributed by atoms with van der Waals surface area (Å²) in [6.07, 6.45) is 2.36. The van der Waals surface area contributed by atoms with Gasteiger partial charge in [-0.1, -0.05) is 28.1 Å². The van der Waals surface area contributed by atoms with Gasteiger partial charge in [0.2, 0.25) is 0 Å². The SMILES string of the molecule is Cc1nn(Cc2cccc(Br)c2)c(C)c1C(=O)NCC(N)C1CC1. The van der Waals surface area contributed by atoms with Crippen molar-refractivity contribution in [1.29, 1.82) is 0 Å². The van der Waals surface area contributed by atoms with Crippen molar-refractivity contribution in [3.63, 3.8) is 0 Å². The lowest BCUT2D eigenvalue weighted by Crippen LogP contribution is -2.38. The van der Waals surface area contributed by atoms with E-state index < -0.39 is 0 Å². The number of nitrogens with one attached hydrogen (secondary N) is 1. The van der Waals surface area contributed by atoms with Crippen LogP contribution in [0.2, 0.25) is 0 Å². The van der Waals surface area contributed by atoms with E-state index >= 15 is 0 Å². The molecule has 2 aromatic rings. The first-order valence-electron chi connectivity index (χ1n) is 8.28. The minimum atomic E-state index is -0.0819. The molecule has 1 atom stereocenters. The standard InChI is InChI=1S/C18H23BrN4O/c1-11-17(18(24)21-9-16(20)14-6-7-14)12(2)23(22-11)10-13-4-3-5-15(19)8-13/h3-5,8,14,16H,6-7,9-10,20H2,1-2H3,(H,21,24). The maximum atomic E-state index is 12.5. The maximum Gasteiger partial charge on any atom is 0.255 e. The van der Waals surface area contributed by atoms with E-state index in [0.717, 1.165) is 21.4 Å². The van der Waals surface area contributed by atoms with Crippen LogP contribution in [0.15, 0.2) is 28.7 Å². The minimum absolute atomic E-state index is 0.0614. The van der Waals surface area contributed by atoms with Gasteiger partial charge < -0.3 is 11.1 Å². The number of nitrogens with zero attached hydrogens (tertiary/aromatic N) is 2. The van der Waals surface area contributed by atoms with Crippen molar-refractivity contribution in [1.82, 2.24) is 15.1 Å². The first-order valence-corrected chi connectivity index (χ1v) is 9.07. The molecule has 0 saturated heterocycles. The molecule has 6 heteroatoms. The lowest BCUT2D eigenvalue weighted by Gasteiger charge is -2.12. The number of carbonyl (C=O) groups is 1. The van der Waals surface area contributed by atoms with E-state index in [-0.39, 0.29) is 11.9 Å². The number of nitrogens with two attached hydrogens (primary N) is 1. The summed E-state index contributed by atoms with van der Waals surface area (Å²) in [5.41, 5.74) is 9.49.